The normalized spacial score (nSPS) is 11.5. The van der Waals surface area contributed by atoms with Crippen LogP contribution in [0.3, 0.4) is 0 Å². The summed E-state index contributed by atoms with van der Waals surface area (Å²) in [5.74, 6) is 0.237. The number of amides is 1. The van der Waals surface area contributed by atoms with E-state index in [9.17, 15) is 9.90 Å². The second kappa shape index (κ2) is 4.92. The lowest BCUT2D eigenvalue weighted by Gasteiger charge is -2.22. The van der Waals surface area contributed by atoms with Crippen LogP contribution in [-0.4, -0.2) is 11.0 Å². The summed E-state index contributed by atoms with van der Waals surface area (Å²) in [5.41, 5.74) is 0.392. The fourth-order valence-electron chi connectivity index (χ4n) is 1.83. The smallest absolute Gasteiger partial charge is 0.230 e. The first-order valence-electron chi connectivity index (χ1n) is 6.47. The highest BCUT2D eigenvalue weighted by Gasteiger charge is 2.25. The summed E-state index contributed by atoms with van der Waals surface area (Å²) in [6.07, 6.45) is 0.782. The van der Waals surface area contributed by atoms with Gasteiger partial charge in [0.1, 0.15) is 5.75 Å². The first-order chi connectivity index (χ1) is 8.94. The Bertz CT molecular complexity index is 617. The second-order valence-electron chi connectivity index (χ2n) is 5.40. The third-order valence-corrected chi connectivity index (χ3v) is 3.61. The minimum atomic E-state index is -0.390. The number of carbonyl (C=O) groups is 1. The number of aromatic hydroxyl groups is 1. The Morgan fingerprint density at radius 3 is 2.68 bits per heavy atom. The zero-order valence-electron chi connectivity index (χ0n) is 11.5. The molecule has 0 atom stereocenters. The summed E-state index contributed by atoms with van der Waals surface area (Å²) in [6, 6.07) is 10.8. The van der Waals surface area contributed by atoms with Crippen LogP contribution >= 0.6 is 0 Å². The molecule has 0 saturated heterocycles. The van der Waals surface area contributed by atoms with Crippen molar-refractivity contribution in [2.24, 2.45) is 5.41 Å². The number of phenolic OH excluding ortho intramolecular Hbond substituents is 1. The van der Waals surface area contributed by atoms with Crippen LogP contribution in [0.25, 0.3) is 10.8 Å². The van der Waals surface area contributed by atoms with E-state index in [0.717, 1.165) is 22.9 Å². The van der Waals surface area contributed by atoms with Crippen molar-refractivity contribution in [3.63, 3.8) is 0 Å². The fraction of sp³-hybridized carbons (Fsp3) is 0.312. The first kappa shape index (κ1) is 13.4. The van der Waals surface area contributed by atoms with E-state index in [1.807, 2.05) is 45.0 Å². The maximum absolute atomic E-state index is 12.2. The van der Waals surface area contributed by atoms with Crippen molar-refractivity contribution >= 4 is 22.4 Å². The quantitative estimate of drug-likeness (QED) is 0.875. The van der Waals surface area contributed by atoms with Gasteiger partial charge in [-0.25, -0.2) is 0 Å². The second-order valence-corrected chi connectivity index (χ2v) is 5.40. The van der Waals surface area contributed by atoms with Crippen molar-refractivity contribution < 1.29 is 9.90 Å². The molecule has 0 saturated carbocycles. The predicted molar refractivity (Wildman–Crippen MR) is 78.3 cm³/mol. The van der Waals surface area contributed by atoms with Crippen molar-refractivity contribution in [3.8, 4) is 5.75 Å². The molecular formula is C16H19NO2. The summed E-state index contributed by atoms with van der Waals surface area (Å²) in [6.45, 7) is 5.86. The van der Waals surface area contributed by atoms with E-state index in [0.29, 0.717) is 0 Å². The Labute approximate surface area is 113 Å². The Hall–Kier alpha value is -2.03. The third kappa shape index (κ3) is 2.70. The molecule has 0 radical (unpaired) electrons. The van der Waals surface area contributed by atoms with Gasteiger partial charge in [-0.2, -0.15) is 0 Å². The molecule has 2 rings (SSSR count). The minimum Gasteiger partial charge on any atom is -0.508 e. The summed E-state index contributed by atoms with van der Waals surface area (Å²) in [4.78, 5) is 12.2. The molecule has 3 heteroatoms. The lowest BCUT2D eigenvalue weighted by Crippen LogP contribution is -2.30. The highest BCUT2D eigenvalue weighted by molar-refractivity contribution is 6.04. The SMILES string of the molecule is CCC(C)(C)C(=O)Nc1cccc2cc(O)ccc12. The van der Waals surface area contributed by atoms with Crippen LogP contribution in [0.5, 0.6) is 5.75 Å². The average Bonchev–Trinajstić information content (AvgIpc) is 2.38. The van der Waals surface area contributed by atoms with Crippen LogP contribution in [0.4, 0.5) is 5.69 Å². The monoisotopic (exact) mass is 257 g/mol. The van der Waals surface area contributed by atoms with Crippen molar-refractivity contribution in [3.05, 3.63) is 36.4 Å². The highest BCUT2D eigenvalue weighted by atomic mass is 16.3. The fourth-order valence-corrected chi connectivity index (χ4v) is 1.83. The van der Waals surface area contributed by atoms with Crippen LogP contribution in [0.1, 0.15) is 27.2 Å². The molecule has 0 heterocycles. The van der Waals surface area contributed by atoms with Gasteiger partial charge in [0, 0.05) is 16.5 Å². The number of rotatable bonds is 3. The van der Waals surface area contributed by atoms with Gasteiger partial charge in [-0.3, -0.25) is 4.79 Å². The van der Waals surface area contributed by atoms with Crippen LogP contribution in [-0.2, 0) is 4.79 Å². The molecule has 100 valence electrons. The van der Waals surface area contributed by atoms with Crippen molar-refractivity contribution in [2.75, 3.05) is 5.32 Å². The molecule has 2 aromatic carbocycles. The molecule has 19 heavy (non-hydrogen) atoms. The Balaban J connectivity index is 2.39. The zero-order chi connectivity index (χ0) is 14.0. The van der Waals surface area contributed by atoms with Crippen LogP contribution in [0.15, 0.2) is 36.4 Å². The Morgan fingerprint density at radius 1 is 1.26 bits per heavy atom. The van der Waals surface area contributed by atoms with Gasteiger partial charge < -0.3 is 10.4 Å². The van der Waals surface area contributed by atoms with E-state index in [4.69, 9.17) is 0 Å². The zero-order valence-corrected chi connectivity index (χ0v) is 11.5. The maximum atomic E-state index is 12.2. The molecule has 3 nitrogen and oxygen atoms in total. The lowest BCUT2D eigenvalue weighted by atomic mass is 9.89. The van der Waals surface area contributed by atoms with E-state index >= 15 is 0 Å². The van der Waals surface area contributed by atoms with E-state index < -0.39 is 0 Å². The van der Waals surface area contributed by atoms with Gasteiger partial charge >= 0.3 is 0 Å². The van der Waals surface area contributed by atoms with Crippen LogP contribution < -0.4 is 5.32 Å². The largest absolute Gasteiger partial charge is 0.508 e. The molecule has 0 spiro atoms. The van der Waals surface area contributed by atoms with Crippen LogP contribution in [0, 0.1) is 5.41 Å². The average molecular weight is 257 g/mol. The summed E-state index contributed by atoms with van der Waals surface area (Å²) >= 11 is 0. The summed E-state index contributed by atoms with van der Waals surface area (Å²) in [5, 5.41) is 14.3. The summed E-state index contributed by atoms with van der Waals surface area (Å²) in [7, 11) is 0. The van der Waals surface area contributed by atoms with Crippen LogP contribution in [0.2, 0.25) is 0 Å². The van der Waals surface area contributed by atoms with Gasteiger partial charge in [-0.05, 0) is 36.1 Å². The number of hydrogen-bond acceptors (Lipinski definition) is 2. The predicted octanol–water partition coefficient (Wildman–Crippen LogP) is 3.92. The molecular weight excluding hydrogens is 238 g/mol. The van der Waals surface area contributed by atoms with E-state index in [1.54, 1.807) is 12.1 Å². The number of nitrogens with one attached hydrogen (secondary N) is 1. The highest BCUT2D eigenvalue weighted by Crippen LogP contribution is 2.29. The molecule has 0 aliphatic carbocycles. The third-order valence-electron chi connectivity index (χ3n) is 3.61. The van der Waals surface area contributed by atoms with Gasteiger partial charge in [0.25, 0.3) is 0 Å². The van der Waals surface area contributed by atoms with Gasteiger partial charge in [0.05, 0.1) is 0 Å². The molecule has 0 fully saturated rings. The number of carbonyl (C=O) groups excluding carboxylic acids is 1. The lowest BCUT2D eigenvalue weighted by molar-refractivity contribution is -0.124. The number of fused-ring (bicyclic) bond motifs is 1. The first-order valence-corrected chi connectivity index (χ1v) is 6.47. The number of phenols is 1. The number of anilines is 1. The van der Waals surface area contributed by atoms with Crippen molar-refractivity contribution in [2.45, 2.75) is 27.2 Å². The Morgan fingerprint density at radius 2 is 2.00 bits per heavy atom. The van der Waals surface area contributed by atoms with Gasteiger partial charge in [-0.1, -0.05) is 32.9 Å². The van der Waals surface area contributed by atoms with E-state index in [1.165, 1.54) is 0 Å². The molecule has 2 N–H and O–H groups in total. The van der Waals surface area contributed by atoms with Crippen molar-refractivity contribution in [1.82, 2.24) is 0 Å². The molecule has 0 aromatic heterocycles. The summed E-state index contributed by atoms with van der Waals surface area (Å²) < 4.78 is 0. The van der Waals surface area contributed by atoms with Crippen molar-refractivity contribution in [1.29, 1.82) is 0 Å². The van der Waals surface area contributed by atoms with Gasteiger partial charge in [0.2, 0.25) is 5.91 Å². The maximum Gasteiger partial charge on any atom is 0.230 e. The van der Waals surface area contributed by atoms with E-state index in [-0.39, 0.29) is 17.1 Å². The topological polar surface area (TPSA) is 49.3 Å². The Kier molecular flexibility index (Phi) is 3.47. The van der Waals surface area contributed by atoms with Gasteiger partial charge in [-0.15, -0.1) is 0 Å². The molecule has 1 amide bonds. The molecule has 0 aliphatic rings. The van der Waals surface area contributed by atoms with Gasteiger partial charge in [0.15, 0.2) is 0 Å². The molecule has 0 aliphatic heterocycles. The minimum absolute atomic E-state index is 0.00979. The number of hydrogen-bond donors (Lipinski definition) is 2. The molecule has 0 unspecified atom stereocenters. The molecule has 2 aromatic rings. The molecule has 0 bridgehead atoms. The number of benzene rings is 2. The van der Waals surface area contributed by atoms with E-state index in [2.05, 4.69) is 5.32 Å². The standard InChI is InChI=1S/C16H19NO2/c1-4-16(2,3)15(19)17-14-7-5-6-11-10-12(18)8-9-13(11)14/h5-10,18H,4H2,1-3H3,(H,17,19).